The molecule has 1 unspecified atom stereocenters. The minimum Gasteiger partial charge on any atom is -0.549 e. The van der Waals surface area contributed by atoms with Crippen molar-refractivity contribution in [2.75, 3.05) is 0 Å². The number of nitrogens with zero attached hydrogens (tertiary/aromatic N) is 1. The van der Waals surface area contributed by atoms with Gasteiger partial charge in [-0.15, -0.1) is 0 Å². The van der Waals surface area contributed by atoms with Crippen molar-refractivity contribution in [3.05, 3.63) is 0 Å². The summed E-state index contributed by atoms with van der Waals surface area (Å²) in [6.45, 7) is 3.74. The summed E-state index contributed by atoms with van der Waals surface area (Å²) in [5, 5.41) is 18.4. The van der Waals surface area contributed by atoms with Crippen molar-refractivity contribution >= 4 is 5.97 Å². The molecule has 0 aliphatic carbocycles. The second-order valence-corrected chi connectivity index (χ2v) is 2.63. The van der Waals surface area contributed by atoms with Crippen molar-refractivity contribution in [3.63, 3.8) is 0 Å². The maximum atomic E-state index is 10.1. The first kappa shape index (κ1) is 8.96. The SMILES string of the molecule is CC(C)CC(C#N)C(=O)[O-]. The Kier molecular flexibility index (Phi) is 3.48. The molecule has 0 N–H and O–H groups in total. The molecule has 0 aromatic heterocycles. The lowest BCUT2D eigenvalue weighted by Crippen LogP contribution is -2.31. The van der Waals surface area contributed by atoms with Crippen LogP contribution >= 0.6 is 0 Å². The zero-order chi connectivity index (χ0) is 8.15. The van der Waals surface area contributed by atoms with Gasteiger partial charge in [-0.25, -0.2) is 0 Å². The first-order valence-electron chi connectivity index (χ1n) is 3.18. The van der Waals surface area contributed by atoms with Gasteiger partial charge in [-0.2, -0.15) is 5.26 Å². The van der Waals surface area contributed by atoms with E-state index in [9.17, 15) is 9.90 Å². The molecule has 3 heteroatoms. The number of carboxylic acid groups (broad SMARTS) is 1. The number of nitriles is 1. The van der Waals surface area contributed by atoms with Crippen LogP contribution in [0.15, 0.2) is 0 Å². The molecule has 0 aliphatic rings. The third-order valence-electron chi connectivity index (χ3n) is 1.15. The van der Waals surface area contributed by atoms with Gasteiger partial charge in [0.2, 0.25) is 0 Å². The van der Waals surface area contributed by atoms with E-state index in [-0.39, 0.29) is 5.92 Å². The van der Waals surface area contributed by atoms with E-state index in [1.807, 2.05) is 13.8 Å². The van der Waals surface area contributed by atoms with Crippen LogP contribution in [-0.2, 0) is 4.79 Å². The van der Waals surface area contributed by atoms with Gasteiger partial charge in [-0.1, -0.05) is 13.8 Å². The Morgan fingerprint density at radius 1 is 1.70 bits per heavy atom. The highest BCUT2D eigenvalue weighted by Gasteiger charge is 2.09. The van der Waals surface area contributed by atoms with Crippen molar-refractivity contribution in [1.82, 2.24) is 0 Å². The Balaban J connectivity index is 3.88. The van der Waals surface area contributed by atoms with Gasteiger partial charge >= 0.3 is 0 Å². The number of carbonyl (C=O) groups is 1. The number of aliphatic carboxylic acids is 1. The Hall–Kier alpha value is -1.04. The summed E-state index contributed by atoms with van der Waals surface area (Å²) in [6.07, 6.45) is 0.374. The Bertz CT molecular complexity index is 157. The maximum absolute atomic E-state index is 10.1. The first-order valence-corrected chi connectivity index (χ1v) is 3.18. The molecule has 0 amide bonds. The van der Waals surface area contributed by atoms with Crippen molar-refractivity contribution in [2.24, 2.45) is 11.8 Å². The lowest BCUT2D eigenvalue weighted by Gasteiger charge is -2.11. The predicted molar refractivity (Wildman–Crippen MR) is 33.6 cm³/mol. The van der Waals surface area contributed by atoms with Gasteiger partial charge in [-0.3, -0.25) is 0 Å². The van der Waals surface area contributed by atoms with Gasteiger partial charge in [0.05, 0.1) is 18.0 Å². The molecule has 3 nitrogen and oxygen atoms in total. The molecule has 56 valence electrons. The van der Waals surface area contributed by atoms with Gasteiger partial charge in [-0.05, 0) is 12.3 Å². The van der Waals surface area contributed by atoms with E-state index in [2.05, 4.69) is 0 Å². The van der Waals surface area contributed by atoms with E-state index in [0.717, 1.165) is 0 Å². The van der Waals surface area contributed by atoms with Gasteiger partial charge in [0, 0.05) is 0 Å². The van der Waals surface area contributed by atoms with Crippen LogP contribution in [0.1, 0.15) is 20.3 Å². The topological polar surface area (TPSA) is 63.9 Å². The molecule has 0 saturated heterocycles. The highest BCUT2D eigenvalue weighted by Crippen LogP contribution is 2.09. The molecule has 0 rings (SSSR count). The Morgan fingerprint density at radius 2 is 2.20 bits per heavy atom. The van der Waals surface area contributed by atoms with E-state index in [0.29, 0.717) is 6.42 Å². The Labute approximate surface area is 60.3 Å². The summed E-state index contributed by atoms with van der Waals surface area (Å²) in [4.78, 5) is 10.1. The molecule has 0 aromatic rings. The highest BCUT2D eigenvalue weighted by atomic mass is 16.4. The molecule has 0 saturated carbocycles. The van der Waals surface area contributed by atoms with Crippen molar-refractivity contribution < 1.29 is 9.90 Å². The highest BCUT2D eigenvalue weighted by molar-refractivity contribution is 5.70. The van der Waals surface area contributed by atoms with Gasteiger partial charge < -0.3 is 9.90 Å². The summed E-state index contributed by atoms with van der Waals surface area (Å²) in [6, 6.07) is 1.67. The summed E-state index contributed by atoms with van der Waals surface area (Å²) in [7, 11) is 0. The van der Waals surface area contributed by atoms with E-state index in [1.165, 1.54) is 0 Å². The molecular formula is C7H10NO2-. The molecule has 0 bridgehead atoms. The summed E-state index contributed by atoms with van der Waals surface area (Å²) < 4.78 is 0. The summed E-state index contributed by atoms with van der Waals surface area (Å²) in [5.74, 6) is -1.99. The number of hydrogen-bond donors (Lipinski definition) is 0. The molecule has 0 fully saturated rings. The first-order chi connectivity index (χ1) is 4.57. The zero-order valence-corrected chi connectivity index (χ0v) is 6.13. The molecule has 0 aliphatic heterocycles. The standard InChI is InChI=1S/C7H11NO2/c1-5(2)3-6(4-8)7(9)10/h5-6H,3H2,1-2H3,(H,9,10)/p-1. The van der Waals surface area contributed by atoms with Gasteiger partial charge in [0.15, 0.2) is 0 Å². The maximum Gasteiger partial charge on any atom is 0.0860 e. The van der Waals surface area contributed by atoms with Crippen LogP contribution in [0.2, 0.25) is 0 Å². The molecule has 0 heterocycles. The van der Waals surface area contributed by atoms with E-state index < -0.39 is 11.9 Å². The number of hydrogen-bond acceptors (Lipinski definition) is 3. The molecule has 10 heavy (non-hydrogen) atoms. The van der Waals surface area contributed by atoms with Crippen LogP contribution in [0.3, 0.4) is 0 Å². The van der Waals surface area contributed by atoms with E-state index in [1.54, 1.807) is 6.07 Å². The second-order valence-electron chi connectivity index (χ2n) is 2.63. The second kappa shape index (κ2) is 3.89. The van der Waals surface area contributed by atoms with Crippen LogP contribution < -0.4 is 5.11 Å². The smallest absolute Gasteiger partial charge is 0.0860 e. The number of rotatable bonds is 3. The van der Waals surface area contributed by atoms with Crippen LogP contribution in [0, 0.1) is 23.2 Å². The molecule has 0 radical (unpaired) electrons. The molecule has 0 spiro atoms. The minimum absolute atomic E-state index is 0.225. The number of carboxylic acids is 1. The fourth-order valence-corrected chi connectivity index (χ4v) is 0.673. The van der Waals surface area contributed by atoms with Crippen LogP contribution in [-0.4, -0.2) is 5.97 Å². The van der Waals surface area contributed by atoms with Crippen LogP contribution in [0.25, 0.3) is 0 Å². The van der Waals surface area contributed by atoms with E-state index >= 15 is 0 Å². The molecular weight excluding hydrogens is 130 g/mol. The fourth-order valence-electron chi connectivity index (χ4n) is 0.673. The molecule has 1 atom stereocenters. The minimum atomic E-state index is -1.27. The zero-order valence-electron chi connectivity index (χ0n) is 6.13. The summed E-state index contributed by atoms with van der Waals surface area (Å²) in [5.41, 5.74) is 0. The fraction of sp³-hybridized carbons (Fsp3) is 0.714. The van der Waals surface area contributed by atoms with Crippen molar-refractivity contribution in [3.8, 4) is 6.07 Å². The summed E-state index contributed by atoms with van der Waals surface area (Å²) >= 11 is 0. The van der Waals surface area contributed by atoms with Crippen molar-refractivity contribution in [2.45, 2.75) is 20.3 Å². The quantitative estimate of drug-likeness (QED) is 0.550. The average molecular weight is 140 g/mol. The van der Waals surface area contributed by atoms with Crippen molar-refractivity contribution in [1.29, 1.82) is 5.26 Å². The number of carbonyl (C=O) groups excluding carboxylic acids is 1. The third-order valence-corrected chi connectivity index (χ3v) is 1.15. The third kappa shape index (κ3) is 3.08. The lowest BCUT2D eigenvalue weighted by atomic mass is 9.99. The average Bonchev–Trinajstić information content (AvgIpc) is 1.81. The lowest BCUT2D eigenvalue weighted by molar-refractivity contribution is -0.309. The van der Waals surface area contributed by atoms with Gasteiger partial charge in [0.25, 0.3) is 0 Å². The monoisotopic (exact) mass is 140 g/mol. The molecule has 0 aromatic carbocycles. The van der Waals surface area contributed by atoms with Crippen LogP contribution in [0.4, 0.5) is 0 Å². The predicted octanol–water partition coefficient (Wildman–Crippen LogP) is -0.0778. The Morgan fingerprint density at radius 3 is 2.30 bits per heavy atom. The largest absolute Gasteiger partial charge is 0.549 e. The normalized spacial score (nSPS) is 12.6. The van der Waals surface area contributed by atoms with E-state index in [4.69, 9.17) is 5.26 Å². The van der Waals surface area contributed by atoms with Gasteiger partial charge in [0.1, 0.15) is 0 Å². The van der Waals surface area contributed by atoms with Crippen LogP contribution in [0.5, 0.6) is 0 Å².